The van der Waals surface area contributed by atoms with Crippen molar-refractivity contribution >= 4 is 5.91 Å². The molecule has 0 spiro atoms. The van der Waals surface area contributed by atoms with E-state index in [9.17, 15) is 4.79 Å². The zero-order chi connectivity index (χ0) is 11.5. The van der Waals surface area contributed by atoms with Crippen LogP contribution in [0.2, 0.25) is 0 Å². The first-order valence-electron chi connectivity index (χ1n) is 5.17. The number of nitrogens with two attached hydrogens (primary N) is 1. The number of rotatable bonds is 4. The highest BCUT2D eigenvalue weighted by Crippen LogP contribution is 2.24. The second kappa shape index (κ2) is 4.58. The summed E-state index contributed by atoms with van der Waals surface area (Å²) in [5.74, 6) is -0.385. The third-order valence-electron chi connectivity index (χ3n) is 2.53. The number of carbonyl (C=O) groups excluding carboxylic acids is 1. The maximum absolute atomic E-state index is 10.8. The van der Waals surface area contributed by atoms with Crippen molar-refractivity contribution in [2.24, 2.45) is 5.73 Å². The molecule has 0 bridgehead atoms. The largest absolute Gasteiger partial charge is 0.379 e. The van der Waals surface area contributed by atoms with Gasteiger partial charge < -0.3 is 20.3 Å². The molecule has 1 aliphatic heterocycles. The molecule has 1 saturated heterocycles. The molecule has 0 aliphatic carbocycles. The normalized spacial score (nSPS) is 24.8. The minimum absolute atomic E-state index is 0.0134. The van der Waals surface area contributed by atoms with Crippen LogP contribution in [0, 0.1) is 0 Å². The van der Waals surface area contributed by atoms with Crippen LogP contribution in [0.5, 0.6) is 0 Å². The van der Waals surface area contributed by atoms with Crippen molar-refractivity contribution in [2.75, 3.05) is 19.8 Å². The fraction of sp³-hybridized carbons (Fsp3) is 0.667. The maximum atomic E-state index is 10.8. The van der Waals surface area contributed by atoms with Crippen molar-refractivity contribution in [2.45, 2.75) is 18.9 Å². The fourth-order valence-electron chi connectivity index (χ4n) is 1.75. The Hall–Kier alpha value is -1.47. The Kier molecular flexibility index (Phi) is 3.16. The molecule has 1 aliphatic rings. The van der Waals surface area contributed by atoms with Gasteiger partial charge in [0.05, 0.1) is 19.1 Å². The summed E-state index contributed by atoms with van der Waals surface area (Å²) >= 11 is 0. The summed E-state index contributed by atoms with van der Waals surface area (Å²) in [5, 5.41) is 6.77. The maximum Gasteiger partial charge on any atom is 0.290 e. The minimum Gasteiger partial charge on any atom is -0.379 e. The van der Waals surface area contributed by atoms with Gasteiger partial charge in [-0.3, -0.25) is 4.79 Å². The molecular weight excluding hydrogens is 212 g/mol. The summed E-state index contributed by atoms with van der Waals surface area (Å²) in [6.07, 6.45) is 0. The number of amides is 1. The SMILES string of the molecule is CCNC1COCC1c1nc(C(N)=O)no1. The lowest BCUT2D eigenvalue weighted by Gasteiger charge is -2.13. The fourth-order valence-corrected chi connectivity index (χ4v) is 1.75. The average molecular weight is 226 g/mol. The Morgan fingerprint density at radius 1 is 1.62 bits per heavy atom. The number of ether oxygens (including phenoxy) is 1. The number of carbonyl (C=O) groups is 1. The van der Waals surface area contributed by atoms with Crippen LogP contribution in [-0.2, 0) is 4.74 Å². The van der Waals surface area contributed by atoms with Crippen LogP contribution < -0.4 is 11.1 Å². The Balaban J connectivity index is 2.13. The first-order valence-corrected chi connectivity index (χ1v) is 5.17. The number of primary amides is 1. The van der Waals surface area contributed by atoms with Crippen molar-refractivity contribution < 1.29 is 14.1 Å². The molecule has 2 atom stereocenters. The molecular formula is C9H14N4O3. The summed E-state index contributed by atoms with van der Waals surface area (Å²) in [6.45, 7) is 3.96. The molecule has 2 heterocycles. The van der Waals surface area contributed by atoms with E-state index >= 15 is 0 Å². The second-order valence-electron chi connectivity index (χ2n) is 3.63. The van der Waals surface area contributed by atoms with E-state index in [1.165, 1.54) is 0 Å². The average Bonchev–Trinajstić information content (AvgIpc) is 2.84. The van der Waals surface area contributed by atoms with Crippen LogP contribution in [0.25, 0.3) is 0 Å². The molecule has 1 fully saturated rings. The van der Waals surface area contributed by atoms with Crippen LogP contribution in [0.3, 0.4) is 0 Å². The highest BCUT2D eigenvalue weighted by Gasteiger charge is 2.33. The third-order valence-corrected chi connectivity index (χ3v) is 2.53. The molecule has 1 aromatic rings. The van der Waals surface area contributed by atoms with E-state index in [0.29, 0.717) is 19.1 Å². The number of aromatic nitrogens is 2. The highest BCUT2D eigenvalue weighted by atomic mass is 16.5. The van der Waals surface area contributed by atoms with Gasteiger partial charge in [-0.05, 0) is 6.54 Å². The molecule has 88 valence electrons. The van der Waals surface area contributed by atoms with Crippen molar-refractivity contribution in [3.63, 3.8) is 0 Å². The number of hydrogen-bond acceptors (Lipinski definition) is 6. The first kappa shape index (κ1) is 11.0. The van der Waals surface area contributed by atoms with Gasteiger partial charge >= 0.3 is 0 Å². The summed E-state index contributed by atoms with van der Waals surface area (Å²) in [6, 6.07) is 0.145. The molecule has 2 rings (SSSR count). The molecule has 7 nitrogen and oxygen atoms in total. The van der Waals surface area contributed by atoms with Gasteiger partial charge in [0.2, 0.25) is 5.89 Å². The van der Waals surface area contributed by atoms with Crippen LogP contribution in [0.1, 0.15) is 29.4 Å². The number of nitrogens with one attached hydrogen (secondary N) is 1. The van der Waals surface area contributed by atoms with Crippen LogP contribution >= 0.6 is 0 Å². The van der Waals surface area contributed by atoms with Crippen molar-refractivity contribution in [3.8, 4) is 0 Å². The van der Waals surface area contributed by atoms with Gasteiger partial charge in [0, 0.05) is 6.04 Å². The Morgan fingerprint density at radius 3 is 3.06 bits per heavy atom. The lowest BCUT2D eigenvalue weighted by Crippen LogP contribution is -2.34. The predicted octanol–water partition coefficient (Wildman–Crippen LogP) is -0.740. The Bertz CT molecular complexity index is 379. The molecule has 0 saturated carbocycles. The minimum atomic E-state index is -0.686. The first-order chi connectivity index (χ1) is 7.72. The van der Waals surface area contributed by atoms with Crippen LogP contribution in [0.4, 0.5) is 0 Å². The highest BCUT2D eigenvalue weighted by molar-refractivity contribution is 5.88. The van der Waals surface area contributed by atoms with Crippen LogP contribution in [0.15, 0.2) is 4.52 Å². The van der Waals surface area contributed by atoms with E-state index < -0.39 is 5.91 Å². The van der Waals surface area contributed by atoms with E-state index in [0.717, 1.165) is 6.54 Å². The zero-order valence-corrected chi connectivity index (χ0v) is 8.97. The van der Waals surface area contributed by atoms with Gasteiger partial charge in [-0.25, -0.2) is 0 Å². The van der Waals surface area contributed by atoms with Gasteiger partial charge in [-0.1, -0.05) is 12.1 Å². The third kappa shape index (κ3) is 2.05. The van der Waals surface area contributed by atoms with E-state index in [1.54, 1.807) is 0 Å². The number of nitrogens with zero attached hydrogens (tertiary/aromatic N) is 2. The Morgan fingerprint density at radius 2 is 2.44 bits per heavy atom. The molecule has 7 heteroatoms. The second-order valence-corrected chi connectivity index (χ2v) is 3.63. The lowest BCUT2D eigenvalue weighted by molar-refractivity contribution is 0.0987. The van der Waals surface area contributed by atoms with Gasteiger partial charge in [0.25, 0.3) is 11.7 Å². The lowest BCUT2D eigenvalue weighted by atomic mass is 10.0. The standard InChI is InChI=1S/C9H14N4O3/c1-2-11-6-4-15-3-5(6)9-12-8(7(10)14)13-16-9/h5-6,11H,2-4H2,1H3,(H2,10,14). The van der Waals surface area contributed by atoms with Gasteiger partial charge in [0.15, 0.2) is 0 Å². The van der Waals surface area contributed by atoms with Crippen molar-refractivity contribution in [3.05, 3.63) is 11.7 Å². The summed E-state index contributed by atoms with van der Waals surface area (Å²) in [7, 11) is 0. The molecule has 0 radical (unpaired) electrons. The topological polar surface area (TPSA) is 103 Å². The smallest absolute Gasteiger partial charge is 0.290 e. The molecule has 0 aromatic carbocycles. The number of likely N-dealkylation sites (N-methyl/N-ethyl adjacent to an activating group) is 1. The van der Waals surface area contributed by atoms with E-state index in [1.807, 2.05) is 6.92 Å². The molecule has 1 aromatic heterocycles. The van der Waals surface area contributed by atoms with E-state index in [2.05, 4.69) is 15.5 Å². The van der Waals surface area contributed by atoms with E-state index in [4.69, 9.17) is 15.0 Å². The molecule has 2 unspecified atom stereocenters. The van der Waals surface area contributed by atoms with Gasteiger partial charge in [-0.15, -0.1) is 0 Å². The predicted molar refractivity (Wildman–Crippen MR) is 53.8 cm³/mol. The summed E-state index contributed by atoms with van der Waals surface area (Å²) < 4.78 is 10.3. The van der Waals surface area contributed by atoms with Crippen molar-refractivity contribution in [1.82, 2.24) is 15.5 Å². The quantitative estimate of drug-likeness (QED) is 0.700. The summed E-state index contributed by atoms with van der Waals surface area (Å²) in [4.78, 5) is 14.8. The summed E-state index contributed by atoms with van der Waals surface area (Å²) in [5.41, 5.74) is 5.05. The molecule has 16 heavy (non-hydrogen) atoms. The van der Waals surface area contributed by atoms with E-state index in [-0.39, 0.29) is 17.8 Å². The van der Waals surface area contributed by atoms with Crippen LogP contribution in [-0.4, -0.2) is 41.8 Å². The Labute approximate surface area is 92.3 Å². The molecule has 3 N–H and O–H groups in total. The number of hydrogen-bond donors (Lipinski definition) is 2. The molecule has 1 amide bonds. The van der Waals surface area contributed by atoms with Gasteiger partial charge in [-0.2, -0.15) is 4.98 Å². The zero-order valence-electron chi connectivity index (χ0n) is 8.97. The van der Waals surface area contributed by atoms with Crippen molar-refractivity contribution in [1.29, 1.82) is 0 Å². The monoisotopic (exact) mass is 226 g/mol. The van der Waals surface area contributed by atoms with Gasteiger partial charge in [0.1, 0.15) is 0 Å².